The summed E-state index contributed by atoms with van der Waals surface area (Å²) in [5.41, 5.74) is 7.00. The average molecular weight is 1950 g/mol. The van der Waals surface area contributed by atoms with Crippen LogP contribution in [0, 0.1) is 17.8 Å². The second kappa shape index (κ2) is 39.5. The molecule has 0 spiro atoms. The number of carbonyl (C=O) groups is 4. The molecular weight excluding hydrogens is 1850 g/mol. The Morgan fingerprint density at radius 1 is 0.304 bits per heavy atom. The third-order valence-corrected chi connectivity index (χ3v) is 26.5. The number of fused-ring (bicyclic) bond motifs is 8. The summed E-state index contributed by atoms with van der Waals surface area (Å²) < 4.78 is 260. The molecule has 4 amide bonds. The summed E-state index contributed by atoms with van der Waals surface area (Å²) in [7, 11) is 0. The van der Waals surface area contributed by atoms with Gasteiger partial charge in [0.2, 0.25) is 54.3 Å². The van der Waals surface area contributed by atoms with Crippen molar-refractivity contribution in [2.24, 2.45) is 17.8 Å². The zero-order chi connectivity index (χ0) is 97.3. The lowest BCUT2D eigenvalue weighted by atomic mass is 9.64. The number of piperidine rings is 4. The number of carbonyl (C=O) groups excluding carboxylic acids is 4. The lowest BCUT2D eigenvalue weighted by Crippen LogP contribution is -2.47. The highest BCUT2D eigenvalue weighted by atomic mass is 19.4. The molecule has 0 aromatic heterocycles. The van der Waals surface area contributed by atoms with Crippen molar-refractivity contribution in [3.8, 4) is 92.0 Å². The average Bonchev–Trinajstić information content (AvgIpc) is 1.33. The summed E-state index contributed by atoms with van der Waals surface area (Å²) in [6, 6.07) is 45.1. The molecule has 8 aromatic carbocycles. The van der Waals surface area contributed by atoms with E-state index < -0.39 is 84.5 Å². The number of rotatable bonds is 15. The van der Waals surface area contributed by atoms with Gasteiger partial charge in [0.15, 0.2) is 116 Å². The molecule has 12 heterocycles. The minimum absolute atomic E-state index is 0.0451. The van der Waals surface area contributed by atoms with Crippen LogP contribution in [0.1, 0.15) is 136 Å². The van der Waals surface area contributed by atoms with Crippen LogP contribution in [0.15, 0.2) is 151 Å². The molecule has 12 aliphatic heterocycles. The van der Waals surface area contributed by atoms with Crippen molar-refractivity contribution in [2.75, 3.05) is 107 Å². The van der Waals surface area contributed by atoms with E-state index in [0.717, 1.165) is 72.2 Å². The van der Waals surface area contributed by atoms with Crippen LogP contribution in [-0.4, -0.2) is 205 Å². The fourth-order valence-corrected chi connectivity index (χ4v) is 18.5. The van der Waals surface area contributed by atoms with Crippen molar-refractivity contribution in [3.63, 3.8) is 0 Å². The SMILES string of the molecule is CC(OC(=O)N1CCC(=C(c2ccc3c(c2)OCO3)c2ccc3c(c2)OCO3)CC1)C(F)(F)F.CC(OC(=O)N1CCC(C(C)(c2ccc3c(c2)OCO3)c2ccc3c(c2)OCO3)CC1)C(F)(F)F.CC(OC(=O)N1CCC(C(O)(c2ccc3c(c2)OCO3)c2ccc3c(c2)OCO3)CC1)C(F)(F)F.CC(OC(=O)N1CCC(C(c2ccc3c(c2)OCO3)c2ccc3c(c2)OCO3)CC1)C(F)(F)F. The number of benzene rings is 8. The Labute approximate surface area is 782 Å². The summed E-state index contributed by atoms with van der Waals surface area (Å²) in [5, 5.41) is 12.2. The van der Waals surface area contributed by atoms with Gasteiger partial charge >= 0.3 is 49.1 Å². The van der Waals surface area contributed by atoms with E-state index in [4.69, 9.17) is 75.8 Å². The third kappa shape index (κ3) is 20.9. The monoisotopic (exact) mass is 1940 g/mol. The topological polar surface area (TPSA) is 286 Å². The van der Waals surface area contributed by atoms with Crippen molar-refractivity contribution in [1.29, 1.82) is 0 Å². The number of likely N-dealkylation sites (tertiary alicyclic amines) is 4. The molecule has 4 atom stereocenters. The van der Waals surface area contributed by atoms with Crippen LogP contribution in [0.5, 0.6) is 92.0 Å². The van der Waals surface area contributed by atoms with Gasteiger partial charge in [-0.2, -0.15) is 52.7 Å². The van der Waals surface area contributed by atoms with Gasteiger partial charge in [-0.3, -0.25) is 0 Å². The first-order valence-electron chi connectivity index (χ1n) is 44.6. The third-order valence-electron chi connectivity index (χ3n) is 26.5. The molecule has 138 heavy (non-hydrogen) atoms. The van der Waals surface area contributed by atoms with E-state index >= 15 is 0 Å². The Balaban J connectivity index is 0.000000127. The first kappa shape index (κ1) is 96.2. The van der Waals surface area contributed by atoms with Gasteiger partial charge in [0.05, 0.1) is 0 Å². The van der Waals surface area contributed by atoms with Gasteiger partial charge < -0.3 is 119 Å². The van der Waals surface area contributed by atoms with Crippen molar-refractivity contribution in [3.05, 3.63) is 196 Å². The molecule has 4 fully saturated rings. The minimum Gasteiger partial charge on any atom is -0.454 e. The Bertz CT molecular complexity index is 5420. The fraction of sp³-hybridized carbons (Fsp3) is 0.443. The number of amides is 4. The smallest absolute Gasteiger partial charge is 0.425 e. The summed E-state index contributed by atoms with van der Waals surface area (Å²) in [4.78, 5) is 54.4. The molecule has 0 aliphatic carbocycles. The maximum Gasteiger partial charge on any atom is 0.425 e. The van der Waals surface area contributed by atoms with Gasteiger partial charge in [-0.25, -0.2) is 19.2 Å². The van der Waals surface area contributed by atoms with Gasteiger partial charge in [-0.1, -0.05) is 61.0 Å². The van der Waals surface area contributed by atoms with E-state index in [0.29, 0.717) is 181 Å². The predicted octanol–water partition coefficient (Wildman–Crippen LogP) is 19.6. The Morgan fingerprint density at radius 3 is 0.848 bits per heavy atom. The van der Waals surface area contributed by atoms with E-state index in [9.17, 15) is 77.0 Å². The predicted molar refractivity (Wildman–Crippen MR) is 460 cm³/mol. The molecule has 0 radical (unpaired) electrons. The highest BCUT2D eigenvalue weighted by molar-refractivity contribution is 5.85. The number of halogens is 12. The molecule has 29 nitrogen and oxygen atoms in total. The summed E-state index contributed by atoms with van der Waals surface area (Å²) in [5.74, 6) is 9.93. The lowest BCUT2D eigenvalue weighted by Gasteiger charge is -2.43. The number of hydrogen-bond acceptors (Lipinski definition) is 25. The number of aliphatic hydroxyl groups is 1. The zero-order valence-corrected chi connectivity index (χ0v) is 75.0. The second-order valence-corrected chi connectivity index (χ2v) is 34.7. The highest BCUT2D eigenvalue weighted by Gasteiger charge is 2.50. The fourth-order valence-electron chi connectivity index (χ4n) is 18.5. The number of nitrogens with zero attached hydrogens (tertiary/aromatic N) is 4. The van der Waals surface area contributed by atoms with Gasteiger partial charge in [0, 0.05) is 63.7 Å². The maximum absolute atomic E-state index is 12.8. The zero-order valence-electron chi connectivity index (χ0n) is 75.0. The molecule has 0 saturated carbocycles. The van der Waals surface area contributed by atoms with E-state index in [2.05, 4.69) is 25.9 Å². The van der Waals surface area contributed by atoms with Crippen LogP contribution >= 0.6 is 0 Å². The number of ether oxygens (including phenoxy) is 20. The molecule has 8 aromatic rings. The van der Waals surface area contributed by atoms with Gasteiger partial charge in [-0.15, -0.1) is 0 Å². The van der Waals surface area contributed by atoms with Crippen molar-refractivity contribution >= 4 is 29.9 Å². The summed E-state index contributed by atoms with van der Waals surface area (Å²) in [6.45, 7) is 8.50. The highest BCUT2D eigenvalue weighted by Crippen LogP contribution is 2.54. The van der Waals surface area contributed by atoms with Crippen molar-refractivity contribution in [1.82, 2.24) is 19.6 Å². The van der Waals surface area contributed by atoms with Gasteiger partial charge in [-0.05, 0) is 244 Å². The molecule has 4 saturated heterocycles. The lowest BCUT2D eigenvalue weighted by molar-refractivity contribution is -0.200. The van der Waals surface area contributed by atoms with Crippen LogP contribution < -0.4 is 75.8 Å². The van der Waals surface area contributed by atoms with Crippen LogP contribution in [0.2, 0.25) is 0 Å². The minimum atomic E-state index is -4.63. The molecule has 20 rings (SSSR count). The van der Waals surface area contributed by atoms with E-state index in [1.807, 2.05) is 109 Å². The normalized spacial score (nSPS) is 18.2. The van der Waals surface area contributed by atoms with Crippen LogP contribution in [0.25, 0.3) is 5.57 Å². The molecule has 1 N–H and O–H groups in total. The van der Waals surface area contributed by atoms with E-state index in [1.165, 1.54) is 19.6 Å². The molecule has 41 heteroatoms. The first-order valence-corrected chi connectivity index (χ1v) is 44.6. The molecule has 0 bridgehead atoms. The van der Waals surface area contributed by atoms with Crippen LogP contribution in [0.4, 0.5) is 71.9 Å². The Morgan fingerprint density at radius 2 is 0.543 bits per heavy atom. The summed E-state index contributed by atoms with van der Waals surface area (Å²) >= 11 is 0. The summed E-state index contributed by atoms with van der Waals surface area (Å²) in [6.07, 6.45) is -27.0. The van der Waals surface area contributed by atoms with Gasteiger partial charge in [0.1, 0.15) is 5.60 Å². The molecule has 4 unspecified atom stereocenters. The molecule has 738 valence electrons. The molecular formula is C97H96F12N4O25. The Hall–Kier alpha value is -13.5. The number of hydrogen-bond donors (Lipinski definition) is 1. The largest absolute Gasteiger partial charge is 0.454 e. The maximum atomic E-state index is 12.8. The number of alkyl halides is 12. The van der Waals surface area contributed by atoms with Crippen molar-refractivity contribution in [2.45, 2.75) is 152 Å². The standard InChI is InChI=1S/C25H26F3NO6.C24H24F3NO7.C24H24F3NO6.C24H22F3NO6/c1-15(25(26,27)28)35-23(30)29-9-7-16(8-10-29)24(2,17-3-5-19-21(11-17)33-13-31-19)18-4-6-20-22(12-18)34-14-32-20;1-14(24(25,26)27)35-22(29)28-8-6-15(7-9-28)23(30,16-2-4-18-20(10-16)33-12-31-18)17-3-5-19-21(11-17)34-13-32-19;2*1-14(24(25,26)27)34-23(29)28-8-6-15(7-9-28)22(16-2-4-18-20(10-16)32-12-30-18)17-3-5-19-21(11-17)33-13-31-19/h3-6,11-12,15-16H,7-10,13-14H2,1-2H3;2-5,10-11,14-15,30H,6-9,12-13H2,1H3;2-5,10-11,14-15,22H,6-9,12-13H2,1H3;2-5,10-11,14H,6-9,12-13H2,1H3. The quantitative estimate of drug-likeness (QED) is 0.0737. The van der Waals surface area contributed by atoms with E-state index in [-0.39, 0.29) is 104 Å². The first-order chi connectivity index (χ1) is 65.9. The van der Waals surface area contributed by atoms with Crippen molar-refractivity contribution < 1.29 is 172 Å². The van der Waals surface area contributed by atoms with Crippen LogP contribution in [0.3, 0.4) is 0 Å². The second-order valence-electron chi connectivity index (χ2n) is 34.7. The molecule has 12 aliphatic rings. The van der Waals surface area contributed by atoms with Gasteiger partial charge in [0.25, 0.3) is 0 Å². The van der Waals surface area contributed by atoms with Crippen LogP contribution in [-0.2, 0) is 30.0 Å². The Kier molecular flexibility index (Phi) is 27.6. The van der Waals surface area contributed by atoms with E-state index in [1.54, 1.807) is 36.4 Å².